The predicted octanol–water partition coefficient (Wildman–Crippen LogP) is 3.80. The van der Waals surface area contributed by atoms with Crippen molar-refractivity contribution in [3.63, 3.8) is 0 Å². The maximum atomic E-state index is 12.7. The highest BCUT2D eigenvalue weighted by molar-refractivity contribution is 9.10. The van der Waals surface area contributed by atoms with E-state index in [0.717, 1.165) is 25.2 Å². The molecule has 21 heavy (non-hydrogen) atoms. The normalized spacial score (nSPS) is 18.3. The summed E-state index contributed by atoms with van der Waals surface area (Å²) in [5, 5.41) is 5.78. The van der Waals surface area contributed by atoms with E-state index in [-0.39, 0.29) is 11.6 Å². The van der Waals surface area contributed by atoms with Crippen molar-refractivity contribution in [2.24, 2.45) is 5.41 Å². The Morgan fingerprint density at radius 2 is 1.95 bits per heavy atom. The molecule has 0 radical (unpaired) electrons. The standard InChI is InChI=1S/C14H16BrF3N2O/c1-13(4-6-19-7-5-13)12(21)20-11-8-9(14(16,17)18)2-3-10(11)15/h2-3,8,19H,4-7H2,1H3,(H,20,21). The van der Waals surface area contributed by atoms with E-state index in [0.29, 0.717) is 17.3 Å². The average molecular weight is 365 g/mol. The molecule has 1 saturated heterocycles. The van der Waals surface area contributed by atoms with Crippen molar-refractivity contribution in [2.45, 2.75) is 25.9 Å². The fraction of sp³-hybridized carbons (Fsp3) is 0.500. The molecular weight excluding hydrogens is 349 g/mol. The molecule has 1 fully saturated rings. The average Bonchev–Trinajstić information content (AvgIpc) is 2.40. The molecule has 1 aliphatic heterocycles. The monoisotopic (exact) mass is 364 g/mol. The van der Waals surface area contributed by atoms with Gasteiger partial charge in [-0.15, -0.1) is 0 Å². The maximum Gasteiger partial charge on any atom is 0.416 e. The van der Waals surface area contributed by atoms with Crippen molar-refractivity contribution in [1.29, 1.82) is 0 Å². The molecule has 7 heteroatoms. The van der Waals surface area contributed by atoms with Gasteiger partial charge in [0.25, 0.3) is 0 Å². The van der Waals surface area contributed by atoms with Crippen molar-refractivity contribution in [2.75, 3.05) is 18.4 Å². The molecule has 1 amide bonds. The fourth-order valence-corrected chi connectivity index (χ4v) is 2.62. The number of hydrogen-bond acceptors (Lipinski definition) is 2. The minimum atomic E-state index is -4.43. The Balaban J connectivity index is 2.20. The van der Waals surface area contributed by atoms with Crippen molar-refractivity contribution < 1.29 is 18.0 Å². The van der Waals surface area contributed by atoms with E-state index >= 15 is 0 Å². The minimum Gasteiger partial charge on any atom is -0.325 e. The largest absolute Gasteiger partial charge is 0.416 e. The number of halogens is 4. The first-order valence-electron chi connectivity index (χ1n) is 6.61. The van der Waals surface area contributed by atoms with Crippen LogP contribution in [0.15, 0.2) is 22.7 Å². The van der Waals surface area contributed by atoms with E-state index in [1.54, 1.807) is 0 Å². The van der Waals surface area contributed by atoms with Crippen LogP contribution in [0.1, 0.15) is 25.3 Å². The number of nitrogens with one attached hydrogen (secondary N) is 2. The summed E-state index contributed by atoms with van der Waals surface area (Å²) in [5.74, 6) is -0.246. The number of amides is 1. The first kappa shape index (κ1) is 16.3. The molecule has 0 unspecified atom stereocenters. The third-order valence-corrected chi connectivity index (χ3v) is 4.49. The molecule has 116 valence electrons. The highest BCUT2D eigenvalue weighted by atomic mass is 79.9. The molecule has 1 aromatic carbocycles. The van der Waals surface area contributed by atoms with Gasteiger partial charge in [0.1, 0.15) is 0 Å². The van der Waals surface area contributed by atoms with E-state index in [9.17, 15) is 18.0 Å². The van der Waals surface area contributed by atoms with Crippen molar-refractivity contribution in [1.82, 2.24) is 5.32 Å². The second kappa shape index (κ2) is 5.96. The van der Waals surface area contributed by atoms with Crippen molar-refractivity contribution >= 4 is 27.5 Å². The number of carbonyl (C=O) groups is 1. The zero-order valence-electron chi connectivity index (χ0n) is 11.5. The number of benzene rings is 1. The number of rotatable bonds is 2. The summed E-state index contributed by atoms with van der Waals surface area (Å²) in [7, 11) is 0. The molecule has 0 aromatic heterocycles. The van der Waals surface area contributed by atoms with Crippen LogP contribution in [0.25, 0.3) is 0 Å². The molecule has 2 N–H and O–H groups in total. The van der Waals surface area contributed by atoms with Gasteiger partial charge in [-0.2, -0.15) is 13.2 Å². The molecular formula is C14H16BrF3N2O. The molecule has 0 atom stereocenters. The Bertz CT molecular complexity index is 540. The molecule has 1 heterocycles. The van der Waals surface area contributed by atoms with Crippen LogP contribution in [0.3, 0.4) is 0 Å². The van der Waals surface area contributed by atoms with E-state index < -0.39 is 17.2 Å². The smallest absolute Gasteiger partial charge is 0.325 e. The van der Waals surface area contributed by atoms with Gasteiger partial charge < -0.3 is 10.6 Å². The first-order chi connectivity index (χ1) is 9.72. The Labute approximate surface area is 129 Å². The van der Waals surface area contributed by atoms with Crippen LogP contribution in [0.5, 0.6) is 0 Å². The van der Waals surface area contributed by atoms with Gasteiger partial charge in [-0.3, -0.25) is 4.79 Å². The van der Waals surface area contributed by atoms with Crippen LogP contribution in [-0.2, 0) is 11.0 Å². The quantitative estimate of drug-likeness (QED) is 0.837. The Morgan fingerprint density at radius 1 is 1.33 bits per heavy atom. The van der Waals surface area contributed by atoms with Gasteiger partial charge in [-0.1, -0.05) is 6.92 Å². The van der Waals surface area contributed by atoms with Crippen LogP contribution in [0.2, 0.25) is 0 Å². The molecule has 1 aliphatic rings. The predicted molar refractivity (Wildman–Crippen MR) is 78.0 cm³/mol. The van der Waals surface area contributed by atoms with Gasteiger partial charge in [-0.25, -0.2) is 0 Å². The third-order valence-electron chi connectivity index (χ3n) is 3.80. The SMILES string of the molecule is CC1(C(=O)Nc2cc(C(F)(F)F)ccc2Br)CCNCC1. The summed E-state index contributed by atoms with van der Waals surface area (Å²) in [5.41, 5.74) is -1.19. The number of hydrogen-bond donors (Lipinski definition) is 2. The third kappa shape index (κ3) is 3.77. The van der Waals surface area contributed by atoms with E-state index in [1.165, 1.54) is 6.07 Å². The lowest BCUT2D eigenvalue weighted by atomic mass is 9.80. The zero-order chi connectivity index (χ0) is 15.7. The summed E-state index contributed by atoms with van der Waals surface area (Å²) < 4.78 is 38.6. The lowest BCUT2D eigenvalue weighted by molar-refractivity contribution is -0.137. The molecule has 0 bridgehead atoms. The fourth-order valence-electron chi connectivity index (χ4n) is 2.28. The summed E-state index contributed by atoms with van der Waals surface area (Å²) in [6.07, 6.45) is -3.11. The summed E-state index contributed by atoms with van der Waals surface area (Å²) in [4.78, 5) is 12.4. The van der Waals surface area contributed by atoms with Gasteiger partial charge in [0, 0.05) is 9.89 Å². The summed E-state index contributed by atoms with van der Waals surface area (Å²) in [6, 6.07) is 3.22. The van der Waals surface area contributed by atoms with E-state index in [2.05, 4.69) is 26.6 Å². The van der Waals surface area contributed by atoms with Gasteiger partial charge >= 0.3 is 6.18 Å². The maximum absolute atomic E-state index is 12.7. The Hall–Kier alpha value is -1.08. The topological polar surface area (TPSA) is 41.1 Å². The van der Waals surface area contributed by atoms with E-state index in [1.807, 2.05) is 6.92 Å². The molecule has 1 aromatic rings. The van der Waals surface area contributed by atoms with Crippen molar-refractivity contribution in [3.8, 4) is 0 Å². The second-order valence-electron chi connectivity index (χ2n) is 5.46. The van der Waals surface area contributed by atoms with Gasteiger partial charge in [0.2, 0.25) is 5.91 Å². The molecule has 3 nitrogen and oxygen atoms in total. The number of alkyl halides is 3. The first-order valence-corrected chi connectivity index (χ1v) is 7.41. The van der Waals surface area contributed by atoms with Crippen LogP contribution in [0.4, 0.5) is 18.9 Å². The lowest BCUT2D eigenvalue weighted by Crippen LogP contribution is -2.42. The van der Waals surface area contributed by atoms with Crippen molar-refractivity contribution in [3.05, 3.63) is 28.2 Å². The number of anilines is 1. The zero-order valence-corrected chi connectivity index (χ0v) is 13.1. The van der Waals surface area contributed by atoms with Crippen LogP contribution < -0.4 is 10.6 Å². The number of piperidine rings is 1. The Kier molecular flexibility index (Phi) is 4.63. The molecule has 0 saturated carbocycles. The van der Waals surface area contributed by atoms with E-state index in [4.69, 9.17) is 0 Å². The molecule has 0 aliphatic carbocycles. The minimum absolute atomic E-state index is 0.148. The number of carbonyl (C=O) groups excluding carboxylic acids is 1. The van der Waals surface area contributed by atoms with Gasteiger partial charge in [0.15, 0.2) is 0 Å². The Morgan fingerprint density at radius 3 is 2.52 bits per heavy atom. The van der Waals surface area contributed by atoms with Gasteiger partial charge in [0.05, 0.1) is 11.3 Å². The summed E-state index contributed by atoms with van der Waals surface area (Å²) >= 11 is 3.17. The highest BCUT2D eigenvalue weighted by Crippen LogP contribution is 2.35. The van der Waals surface area contributed by atoms with Gasteiger partial charge in [-0.05, 0) is 60.1 Å². The highest BCUT2D eigenvalue weighted by Gasteiger charge is 2.35. The lowest BCUT2D eigenvalue weighted by Gasteiger charge is -2.32. The van der Waals surface area contributed by atoms with Crippen LogP contribution >= 0.6 is 15.9 Å². The molecule has 2 rings (SSSR count). The molecule has 0 spiro atoms. The summed E-state index contributed by atoms with van der Waals surface area (Å²) in [6.45, 7) is 3.30. The van der Waals surface area contributed by atoms with Crippen LogP contribution in [-0.4, -0.2) is 19.0 Å². The second-order valence-corrected chi connectivity index (χ2v) is 6.31. The van der Waals surface area contributed by atoms with Crippen LogP contribution in [0, 0.1) is 5.41 Å².